The highest BCUT2D eigenvalue weighted by molar-refractivity contribution is 14.1. The number of hydrogen-bond acceptors (Lipinski definition) is 5. The molecule has 168 valence electrons. The van der Waals surface area contributed by atoms with Crippen LogP contribution in [0.1, 0.15) is 15.9 Å². The normalized spacial score (nSPS) is 11.9. The molecule has 1 heterocycles. The second-order valence-corrected chi connectivity index (χ2v) is 9.68. The number of benzene rings is 3. The molecule has 0 aliphatic rings. The fourth-order valence-corrected chi connectivity index (χ4v) is 4.80. The zero-order valence-electron chi connectivity index (χ0n) is 16.7. The highest BCUT2D eigenvalue weighted by Crippen LogP contribution is 2.35. The fourth-order valence-electron chi connectivity index (χ4n) is 3.23. The summed E-state index contributed by atoms with van der Waals surface area (Å²) in [5.41, 5.74) is 2.24. The van der Waals surface area contributed by atoms with Gasteiger partial charge in [0, 0.05) is 32.6 Å². The SMILES string of the molecule is O=C(NCc1ccc(Cl)cc1Cl)c1ccc(I)cc1N(c1cccc2nccnc12)S(=O)[O-]. The van der Waals surface area contributed by atoms with Crippen molar-refractivity contribution in [3.8, 4) is 0 Å². The van der Waals surface area contributed by atoms with E-state index in [2.05, 4.69) is 37.9 Å². The Morgan fingerprint density at radius 3 is 2.61 bits per heavy atom. The third-order valence-electron chi connectivity index (χ3n) is 4.72. The molecule has 0 saturated carbocycles. The molecule has 7 nitrogen and oxygen atoms in total. The molecule has 1 amide bonds. The minimum Gasteiger partial charge on any atom is -0.755 e. The second kappa shape index (κ2) is 10.3. The number of hydrogen-bond donors (Lipinski definition) is 1. The van der Waals surface area contributed by atoms with Gasteiger partial charge < -0.3 is 9.87 Å². The summed E-state index contributed by atoms with van der Waals surface area (Å²) in [6.45, 7) is 0.139. The van der Waals surface area contributed by atoms with Crippen molar-refractivity contribution in [2.45, 2.75) is 6.54 Å². The van der Waals surface area contributed by atoms with E-state index in [1.807, 2.05) is 0 Å². The van der Waals surface area contributed by atoms with E-state index in [0.717, 1.165) is 7.88 Å². The van der Waals surface area contributed by atoms with Crippen LogP contribution in [0.5, 0.6) is 0 Å². The Hall–Kier alpha value is -2.31. The zero-order chi connectivity index (χ0) is 23.5. The van der Waals surface area contributed by atoms with E-state index < -0.39 is 17.2 Å². The van der Waals surface area contributed by atoms with Crippen molar-refractivity contribution in [2.75, 3.05) is 4.31 Å². The molecule has 0 aliphatic carbocycles. The predicted octanol–water partition coefficient (Wildman–Crippen LogP) is 5.40. The number of nitrogens with zero attached hydrogens (tertiary/aromatic N) is 3. The first-order valence-electron chi connectivity index (χ1n) is 9.46. The Balaban J connectivity index is 1.74. The number of nitrogens with one attached hydrogen (secondary N) is 1. The van der Waals surface area contributed by atoms with Crippen molar-refractivity contribution in [1.82, 2.24) is 15.3 Å². The number of carbonyl (C=O) groups is 1. The van der Waals surface area contributed by atoms with Gasteiger partial charge in [-0.2, -0.15) is 0 Å². The van der Waals surface area contributed by atoms with Crippen LogP contribution in [0.3, 0.4) is 0 Å². The summed E-state index contributed by atoms with van der Waals surface area (Å²) in [5, 5.41) is 3.70. The number of carbonyl (C=O) groups excluding carboxylic acids is 1. The summed E-state index contributed by atoms with van der Waals surface area (Å²) in [6.07, 6.45) is 3.01. The molecule has 0 bridgehead atoms. The molecule has 0 saturated heterocycles. The van der Waals surface area contributed by atoms with Gasteiger partial charge in [-0.1, -0.05) is 35.3 Å². The molecule has 1 aromatic heterocycles. The maximum Gasteiger partial charge on any atom is 0.253 e. The minimum atomic E-state index is -2.75. The highest BCUT2D eigenvalue weighted by atomic mass is 127. The van der Waals surface area contributed by atoms with E-state index in [9.17, 15) is 13.6 Å². The number of fused-ring (bicyclic) bond motifs is 1. The van der Waals surface area contributed by atoms with Gasteiger partial charge in [0.05, 0.1) is 33.7 Å². The standard InChI is InChI=1S/C22H15Cl2IN4O3S/c23-14-5-4-13(17(24)10-14)12-28-22(30)16-7-6-15(25)11-20(16)29(33(31)32)19-3-1-2-18-21(19)27-9-8-26-18/h1-11H,12H2,(H,28,30)(H,31,32)/p-1. The number of amides is 1. The van der Waals surface area contributed by atoms with Crippen molar-refractivity contribution >= 4 is 85.4 Å². The van der Waals surface area contributed by atoms with Crippen molar-refractivity contribution < 1.29 is 13.6 Å². The summed E-state index contributed by atoms with van der Waals surface area (Å²) in [4.78, 5) is 21.6. The Labute approximate surface area is 215 Å². The number of aromatic nitrogens is 2. The molecule has 1 unspecified atom stereocenters. The van der Waals surface area contributed by atoms with Crippen LogP contribution in [0, 0.1) is 3.57 Å². The first-order valence-corrected chi connectivity index (χ1v) is 12.3. The molecule has 0 fully saturated rings. The van der Waals surface area contributed by atoms with E-state index in [4.69, 9.17) is 23.2 Å². The van der Waals surface area contributed by atoms with E-state index in [1.54, 1.807) is 54.6 Å². The molecule has 0 spiro atoms. The molecular weight excluding hydrogens is 598 g/mol. The molecule has 0 aliphatic heterocycles. The largest absolute Gasteiger partial charge is 0.755 e. The monoisotopic (exact) mass is 611 g/mol. The van der Waals surface area contributed by atoms with Crippen molar-refractivity contribution in [3.05, 3.63) is 91.7 Å². The average molecular weight is 612 g/mol. The van der Waals surface area contributed by atoms with Crippen LogP contribution in [-0.2, 0) is 17.8 Å². The maximum atomic E-state index is 13.1. The summed E-state index contributed by atoms with van der Waals surface area (Å²) < 4.78 is 26.6. The number of para-hydroxylation sites is 1. The highest BCUT2D eigenvalue weighted by Gasteiger charge is 2.22. The lowest BCUT2D eigenvalue weighted by atomic mass is 10.1. The van der Waals surface area contributed by atoms with Gasteiger partial charge >= 0.3 is 0 Å². The van der Waals surface area contributed by atoms with Gasteiger partial charge in [-0.25, -0.2) is 0 Å². The Kier molecular flexibility index (Phi) is 7.45. The third kappa shape index (κ3) is 5.28. The molecule has 0 radical (unpaired) electrons. The van der Waals surface area contributed by atoms with Crippen LogP contribution in [-0.4, -0.2) is 24.6 Å². The van der Waals surface area contributed by atoms with Crippen molar-refractivity contribution in [3.63, 3.8) is 0 Å². The Morgan fingerprint density at radius 2 is 1.85 bits per heavy atom. The van der Waals surface area contributed by atoms with Crippen LogP contribution in [0.4, 0.5) is 11.4 Å². The quantitative estimate of drug-likeness (QED) is 0.232. The second-order valence-electron chi connectivity index (χ2n) is 6.79. The lowest BCUT2D eigenvalue weighted by Crippen LogP contribution is -2.28. The van der Waals surface area contributed by atoms with E-state index in [0.29, 0.717) is 26.6 Å². The van der Waals surface area contributed by atoms with E-state index >= 15 is 0 Å². The van der Waals surface area contributed by atoms with Gasteiger partial charge in [0.2, 0.25) is 0 Å². The topological polar surface area (TPSA) is 98.2 Å². The van der Waals surface area contributed by atoms with Crippen LogP contribution in [0.25, 0.3) is 11.0 Å². The van der Waals surface area contributed by atoms with Gasteiger partial charge in [0.15, 0.2) is 0 Å². The minimum absolute atomic E-state index is 0.139. The van der Waals surface area contributed by atoms with Crippen molar-refractivity contribution in [1.29, 1.82) is 0 Å². The summed E-state index contributed by atoms with van der Waals surface area (Å²) in [5.74, 6) is -0.464. The molecule has 11 heteroatoms. The molecular formula is C22H14Cl2IN4O3S-. The van der Waals surface area contributed by atoms with Crippen LogP contribution in [0.2, 0.25) is 10.0 Å². The molecule has 4 aromatic rings. The summed E-state index contributed by atoms with van der Waals surface area (Å²) in [6, 6.07) is 14.9. The van der Waals surface area contributed by atoms with Gasteiger partial charge in [-0.15, -0.1) is 0 Å². The fraction of sp³-hybridized carbons (Fsp3) is 0.0455. The molecule has 3 aromatic carbocycles. The van der Waals surface area contributed by atoms with E-state index in [-0.39, 0.29) is 23.5 Å². The predicted molar refractivity (Wildman–Crippen MR) is 137 cm³/mol. The summed E-state index contributed by atoms with van der Waals surface area (Å²) in [7, 11) is 0. The van der Waals surface area contributed by atoms with Gasteiger partial charge in [0.1, 0.15) is 5.52 Å². The Bertz CT molecular complexity index is 1380. The molecule has 1 N–H and O–H groups in total. The molecule has 4 rings (SSSR count). The number of halogens is 3. The summed E-state index contributed by atoms with van der Waals surface area (Å²) >= 11 is 11.4. The average Bonchev–Trinajstić information content (AvgIpc) is 2.78. The van der Waals surface area contributed by atoms with Gasteiger partial charge in [-0.05, 0) is 70.6 Å². The van der Waals surface area contributed by atoms with Gasteiger partial charge in [-0.3, -0.25) is 23.3 Å². The maximum absolute atomic E-state index is 13.1. The van der Waals surface area contributed by atoms with Crippen LogP contribution in [0.15, 0.2) is 67.0 Å². The smallest absolute Gasteiger partial charge is 0.253 e. The van der Waals surface area contributed by atoms with Crippen LogP contribution >= 0.6 is 45.8 Å². The van der Waals surface area contributed by atoms with Gasteiger partial charge in [0.25, 0.3) is 5.91 Å². The number of anilines is 2. The number of rotatable bonds is 6. The lowest BCUT2D eigenvalue weighted by molar-refractivity contribution is 0.0951. The first-order chi connectivity index (χ1) is 15.8. The first kappa shape index (κ1) is 23.8. The Morgan fingerprint density at radius 1 is 1.06 bits per heavy atom. The van der Waals surface area contributed by atoms with Crippen molar-refractivity contribution in [2.24, 2.45) is 0 Å². The lowest BCUT2D eigenvalue weighted by Gasteiger charge is -2.29. The molecule has 1 atom stereocenters. The van der Waals surface area contributed by atoms with E-state index in [1.165, 1.54) is 12.4 Å². The molecule has 33 heavy (non-hydrogen) atoms. The third-order valence-corrected chi connectivity index (χ3v) is 6.67. The zero-order valence-corrected chi connectivity index (χ0v) is 21.2. The van der Waals surface area contributed by atoms with Crippen LogP contribution < -0.4 is 9.62 Å².